The van der Waals surface area contributed by atoms with Gasteiger partial charge in [-0.1, -0.05) is 19.8 Å². The zero-order valence-electron chi connectivity index (χ0n) is 9.54. The largest absolute Gasteiger partial charge is 0.499 e. The SMILES string of the molecule is CCCCCOC(=O)NC(=COC)OC. The lowest BCUT2D eigenvalue weighted by Crippen LogP contribution is -2.25. The molecule has 0 heterocycles. The monoisotopic (exact) mass is 217 g/mol. The lowest BCUT2D eigenvalue weighted by atomic mass is 10.3. The first kappa shape index (κ1) is 13.6. The summed E-state index contributed by atoms with van der Waals surface area (Å²) in [7, 11) is 2.90. The van der Waals surface area contributed by atoms with Gasteiger partial charge >= 0.3 is 6.09 Å². The minimum Gasteiger partial charge on any atom is -0.499 e. The summed E-state index contributed by atoms with van der Waals surface area (Å²) in [6, 6.07) is 0. The summed E-state index contributed by atoms with van der Waals surface area (Å²) >= 11 is 0. The van der Waals surface area contributed by atoms with E-state index in [0.717, 1.165) is 19.3 Å². The van der Waals surface area contributed by atoms with Crippen LogP contribution in [0.3, 0.4) is 0 Å². The van der Waals surface area contributed by atoms with Crippen molar-refractivity contribution in [2.45, 2.75) is 26.2 Å². The normalized spacial score (nSPS) is 10.7. The molecule has 1 amide bonds. The molecule has 0 unspecified atom stereocenters. The van der Waals surface area contributed by atoms with Gasteiger partial charge in [0.05, 0.1) is 20.8 Å². The third-order valence-corrected chi connectivity index (χ3v) is 1.65. The summed E-state index contributed by atoms with van der Waals surface area (Å²) in [6.07, 6.45) is 3.78. The molecule has 0 aliphatic heterocycles. The van der Waals surface area contributed by atoms with Gasteiger partial charge in [-0.2, -0.15) is 0 Å². The Labute approximate surface area is 90.4 Å². The minimum atomic E-state index is -0.531. The maximum atomic E-state index is 11.1. The molecule has 0 saturated heterocycles. The van der Waals surface area contributed by atoms with Gasteiger partial charge in [0.15, 0.2) is 0 Å². The fourth-order valence-corrected chi connectivity index (χ4v) is 0.889. The first-order valence-electron chi connectivity index (χ1n) is 4.95. The number of carbonyl (C=O) groups is 1. The fourth-order valence-electron chi connectivity index (χ4n) is 0.889. The molecule has 0 atom stereocenters. The highest BCUT2D eigenvalue weighted by atomic mass is 16.6. The number of nitrogens with one attached hydrogen (secondary N) is 1. The van der Waals surface area contributed by atoms with Crippen LogP contribution in [0.4, 0.5) is 4.79 Å². The van der Waals surface area contributed by atoms with Crippen molar-refractivity contribution < 1.29 is 19.0 Å². The molecule has 0 aromatic heterocycles. The van der Waals surface area contributed by atoms with E-state index in [4.69, 9.17) is 9.47 Å². The number of unbranched alkanes of at least 4 members (excludes halogenated alkanes) is 2. The second-order valence-electron chi connectivity index (χ2n) is 2.89. The van der Waals surface area contributed by atoms with Crippen LogP contribution in [0.25, 0.3) is 0 Å². The van der Waals surface area contributed by atoms with E-state index < -0.39 is 6.09 Å². The van der Waals surface area contributed by atoms with Crippen LogP contribution in [0, 0.1) is 0 Å². The van der Waals surface area contributed by atoms with Gasteiger partial charge < -0.3 is 14.2 Å². The summed E-state index contributed by atoms with van der Waals surface area (Å²) in [5, 5.41) is 2.40. The van der Waals surface area contributed by atoms with Crippen molar-refractivity contribution in [3.63, 3.8) is 0 Å². The molecule has 0 aliphatic rings. The number of amides is 1. The zero-order valence-corrected chi connectivity index (χ0v) is 9.54. The number of hydrogen-bond donors (Lipinski definition) is 1. The molecule has 0 bridgehead atoms. The number of alkyl carbamates (subject to hydrolysis) is 1. The lowest BCUT2D eigenvalue weighted by molar-refractivity contribution is 0.135. The Morgan fingerprint density at radius 1 is 1.33 bits per heavy atom. The van der Waals surface area contributed by atoms with E-state index in [-0.39, 0.29) is 5.88 Å². The van der Waals surface area contributed by atoms with Gasteiger partial charge in [-0.3, -0.25) is 5.32 Å². The Balaban J connectivity index is 3.67. The van der Waals surface area contributed by atoms with E-state index in [1.807, 2.05) is 0 Å². The summed E-state index contributed by atoms with van der Waals surface area (Å²) in [5.41, 5.74) is 0. The van der Waals surface area contributed by atoms with E-state index in [2.05, 4.69) is 17.0 Å². The van der Waals surface area contributed by atoms with Gasteiger partial charge in [0.2, 0.25) is 5.88 Å². The summed E-state index contributed by atoms with van der Waals surface area (Å²) in [4.78, 5) is 11.1. The topological polar surface area (TPSA) is 56.8 Å². The summed E-state index contributed by atoms with van der Waals surface area (Å²) in [6.45, 7) is 2.51. The fraction of sp³-hybridized carbons (Fsp3) is 0.700. The van der Waals surface area contributed by atoms with Crippen LogP contribution in [0.1, 0.15) is 26.2 Å². The Hall–Kier alpha value is -1.39. The molecule has 0 spiro atoms. The molecule has 15 heavy (non-hydrogen) atoms. The van der Waals surface area contributed by atoms with Crippen LogP contribution in [-0.4, -0.2) is 26.9 Å². The van der Waals surface area contributed by atoms with Crippen LogP contribution in [0.5, 0.6) is 0 Å². The second kappa shape index (κ2) is 9.18. The Bertz CT molecular complexity index is 204. The van der Waals surface area contributed by atoms with E-state index in [0.29, 0.717) is 6.61 Å². The standard InChI is InChI=1S/C10H19NO4/c1-4-5-6-7-15-10(12)11-9(14-3)8-13-2/h8H,4-7H2,1-3H3,(H,11,12). The molecule has 88 valence electrons. The summed E-state index contributed by atoms with van der Waals surface area (Å²) < 4.78 is 14.4. The number of ether oxygens (including phenoxy) is 3. The van der Waals surface area contributed by atoms with Gasteiger partial charge in [-0.15, -0.1) is 0 Å². The van der Waals surface area contributed by atoms with Crippen LogP contribution < -0.4 is 5.32 Å². The third kappa shape index (κ3) is 7.66. The zero-order chi connectivity index (χ0) is 11.5. The van der Waals surface area contributed by atoms with Crippen molar-refractivity contribution in [3.8, 4) is 0 Å². The van der Waals surface area contributed by atoms with Gasteiger partial charge in [-0.25, -0.2) is 4.79 Å². The first-order chi connectivity index (χ1) is 7.24. The van der Waals surface area contributed by atoms with Crippen molar-refractivity contribution in [2.75, 3.05) is 20.8 Å². The average Bonchev–Trinajstić information content (AvgIpc) is 2.24. The van der Waals surface area contributed by atoms with E-state index in [1.54, 1.807) is 0 Å². The molecule has 0 saturated carbocycles. The highest BCUT2D eigenvalue weighted by Crippen LogP contribution is 1.96. The Morgan fingerprint density at radius 2 is 2.07 bits per heavy atom. The van der Waals surface area contributed by atoms with Crippen molar-refractivity contribution in [1.82, 2.24) is 5.32 Å². The van der Waals surface area contributed by atoms with Crippen molar-refractivity contribution >= 4 is 6.09 Å². The summed E-state index contributed by atoms with van der Waals surface area (Å²) in [5.74, 6) is 0.220. The molecule has 5 heteroatoms. The van der Waals surface area contributed by atoms with E-state index >= 15 is 0 Å². The lowest BCUT2D eigenvalue weighted by Gasteiger charge is -2.08. The van der Waals surface area contributed by atoms with Crippen molar-refractivity contribution in [3.05, 3.63) is 12.1 Å². The Morgan fingerprint density at radius 3 is 2.60 bits per heavy atom. The molecule has 0 aromatic carbocycles. The molecule has 5 nitrogen and oxygen atoms in total. The van der Waals surface area contributed by atoms with Crippen molar-refractivity contribution in [1.29, 1.82) is 0 Å². The van der Waals surface area contributed by atoms with E-state index in [9.17, 15) is 4.79 Å². The van der Waals surface area contributed by atoms with Gasteiger partial charge in [0.25, 0.3) is 0 Å². The molecule has 0 radical (unpaired) electrons. The smallest absolute Gasteiger partial charge is 0.414 e. The molecule has 0 rings (SSSR count). The van der Waals surface area contributed by atoms with Crippen LogP contribution >= 0.6 is 0 Å². The molecule has 0 fully saturated rings. The van der Waals surface area contributed by atoms with Crippen molar-refractivity contribution in [2.24, 2.45) is 0 Å². The highest BCUT2D eigenvalue weighted by Gasteiger charge is 2.05. The first-order valence-corrected chi connectivity index (χ1v) is 4.95. The molecular formula is C10H19NO4. The molecular weight excluding hydrogens is 198 g/mol. The number of methoxy groups -OCH3 is 2. The predicted octanol–water partition coefficient (Wildman–Crippen LogP) is 1.99. The Kier molecular flexibility index (Phi) is 8.33. The maximum Gasteiger partial charge on any atom is 0.414 e. The van der Waals surface area contributed by atoms with Crippen LogP contribution in [0.2, 0.25) is 0 Å². The van der Waals surface area contributed by atoms with Gasteiger partial charge in [-0.05, 0) is 6.42 Å². The second-order valence-corrected chi connectivity index (χ2v) is 2.89. The predicted molar refractivity (Wildman–Crippen MR) is 56.1 cm³/mol. The highest BCUT2D eigenvalue weighted by molar-refractivity contribution is 5.68. The average molecular weight is 217 g/mol. The molecule has 1 N–H and O–H groups in total. The number of rotatable bonds is 7. The van der Waals surface area contributed by atoms with E-state index in [1.165, 1.54) is 20.5 Å². The number of hydrogen-bond acceptors (Lipinski definition) is 4. The van der Waals surface area contributed by atoms with Crippen LogP contribution in [-0.2, 0) is 14.2 Å². The van der Waals surface area contributed by atoms with Gasteiger partial charge in [0, 0.05) is 0 Å². The number of carbonyl (C=O) groups excluding carboxylic acids is 1. The van der Waals surface area contributed by atoms with Crippen LogP contribution in [0.15, 0.2) is 12.1 Å². The van der Waals surface area contributed by atoms with Gasteiger partial charge in [0.1, 0.15) is 6.26 Å². The minimum absolute atomic E-state index is 0.220. The maximum absolute atomic E-state index is 11.1. The quantitative estimate of drug-likeness (QED) is 0.523. The third-order valence-electron chi connectivity index (χ3n) is 1.65. The molecule has 0 aliphatic carbocycles. The molecule has 0 aromatic rings.